The summed E-state index contributed by atoms with van der Waals surface area (Å²) >= 11 is 0. The maximum absolute atomic E-state index is 14.0. The maximum atomic E-state index is 14.0. The van der Waals surface area contributed by atoms with Crippen molar-refractivity contribution < 1.29 is 19.0 Å². The Labute approximate surface area is 118 Å². The molecule has 2 unspecified atom stereocenters. The lowest BCUT2D eigenvalue weighted by Crippen LogP contribution is -2.26. The number of hydrogen-bond acceptors (Lipinski definition) is 3. The van der Waals surface area contributed by atoms with Crippen molar-refractivity contribution in [3.63, 3.8) is 0 Å². The van der Waals surface area contributed by atoms with Gasteiger partial charge in [0.15, 0.2) is 0 Å². The van der Waals surface area contributed by atoms with Gasteiger partial charge in [-0.05, 0) is 37.9 Å². The van der Waals surface area contributed by atoms with Gasteiger partial charge < -0.3 is 9.84 Å². The van der Waals surface area contributed by atoms with Crippen molar-refractivity contribution in [1.29, 1.82) is 0 Å². The molecule has 110 valence electrons. The highest BCUT2D eigenvalue weighted by molar-refractivity contribution is 5.67. The molecule has 1 saturated heterocycles. The van der Waals surface area contributed by atoms with Gasteiger partial charge in [-0.15, -0.1) is 0 Å². The van der Waals surface area contributed by atoms with Gasteiger partial charge in [0.2, 0.25) is 0 Å². The smallest absolute Gasteiger partial charge is 0.303 e. The highest BCUT2D eigenvalue weighted by Crippen LogP contribution is 2.35. The molecule has 20 heavy (non-hydrogen) atoms. The molecular weight excluding hydrogens is 261 g/mol. The predicted octanol–water partition coefficient (Wildman–Crippen LogP) is 2.69. The summed E-state index contributed by atoms with van der Waals surface area (Å²) in [6, 6.07) is 4.69. The molecule has 1 aliphatic heterocycles. The number of methoxy groups -OCH3 is 1. The molecule has 0 spiro atoms. The molecule has 1 fully saturated rings. The second kappa shape index (κ2) is 6.22. The third-order valence-corrected chi connectivity index (χ3v) is 3.98. The molecule has 0 saturated carbocycles. The first-order valence-corrected chi connectivity index (χ1v) is 6.81. The number of carboxylic acid groups (broad SMARTS) is 1. The van der Waals surface area contributed by atoms with Gasteiger partial charge in [-0.3, -0.25) is 9.69 Å². The Balaban J connectivity index is 2.13. The monoisotopic (exact) mass is 281 g/mol. The number of benzene rings is 1. The van der Waals surface area contributed by atoms with E-state index >= 15 is 0 Å². The van der Waals surface area contributed by atoms with E-state index in [0.717, 1.165) is 13.0 Å². The van der Waals surface area contributed by atoms with Gasteiger partial charge in [-0.2, -0.15) is 0 Å². The first-order valence-electron chi connectivity index (χ1n) is 6.81. The lowest BCUT2D eigenvalue weighted by Gasteiger charge is -2.26. The predicted molar refractivity (Wildman–Crippen MR) is 73.3 cm³/mol. The van der Waals surface area contributed by atoms with E-state index in [-0.39, 0.29) is 24.2 Å². The van der Waals surface area contributed by atoms with Gasteiger partial charge in [-0.1, -0.05) is 6.07 Å². The molecule has 2 rings (SSSR count). The third kappa shape index (κ3) is 3.10. The number of ether oxygens (including phenoxy) is 1. The van der Waals surface area contributed by atoms with Crippen molar-refractivity contribution in [1.82, 2.24) is 4.90 Å². The van der Waals surface area contributed by atoms with E-state index in [1.54, 1.807) is 12.1 Å². The summed E-state index contributed by atoms with van der Waals surface area (Å²) in [5.41, 5.74) is 0.547. The van der Waals surface area contributed by atoms with Crippen molar-refractivity contribution in [2.45, 2.75) is 25.8 Å². The number of aliphatic carboxylic acids is 1. The van der Waals surface area contributed by atoms with Crippen LogP contribution < -0.4 is 4.74 Å². The summed E-state index contributed by atoms with van der Waals surface area (Å²) in [6.07, 6.45) is 1.02. The largest absolute Gasteiger partial charge is 0.496 e. The van der Waals surface area contributed by atoms with E-state index in [1.165, 1.54) is 13.2 Å². The molecule has 1 aromatic carbocycles. The van der Waals surface area contributed by atoms with Crippen LogP contribution in [0.15, 0.2) is 18.2 Å². The first-order chi connectivity index (χ1) is 9.52. The van der Waals surface area contributed by atoms with Crippen molar-refractivity contribution in [3.8, 4) is 5.75 Å². The molecule has 0 aliphatic carbocycles. The fourth-order valence-corrected chi connectivity index (χ4v) is 2.91. The van der Waals surface area contributed by atoms with E-state index < -0.39 is 5.97 Å². The van der Waals surface area contributed by atoms with Crippen LogP contribution >= 0.6 is 0 Å². The van der Waals surface area contributed by atoms with Crippen LogP contribution in [0.5, 0.6) is 5.75 Å². The van der Waals surface area contributed by atoms with E-state index in [9.17, 15) is 9.18 Å². The highest BCUT2D eigenvalue weighted by atomic mass is 19.1. The van der Waals surface area contributed by atoms with Crippen LogP contribution in [0, 0.1) is 11.7 Å². The number of hydrogen-bond donors (Lipinski definition) is 1. The topological polar surface area (TPSA) is 49.8 Å². The molecule has 1 heterocycles. The molecule has 0 amide bonds. The minimum Gasteiger partial charge on any atom is -0.496 e. The van der Waals surface area contributed by atoms with Crippen molar-refractivity contribution >= 4 is 5.97 Å². The Hall–Kier alpha value is -1.62. The number of carboxylic acids is 1. The average Bonchev–Trinajstić information content (AvgIpc) is 2.85. The van der Waals surface area contributed by atoms with Gasteiger partial charge in [0.1, 0.15) is 11.6 Å². The highest BCUT2D eigenvalue weighted by Gasteiger charge is 2.30. The molecule has 0 bridgehead atoms. The van der Waals surface area contributed by atoms with Crippen LogP contribution in [0.3, 0.4) is 0 Å². The van der Waals surface area contributed by atoms with Gasteiger partial charge in [-0.25, -0.2) is 4.39 Å². The molecule has 0 aromatic heterocycles. The van der Waals surface area contributed by atoms with Gasteiger partial charge >= 0.3 is 5.97 Å². The molecule has 1 aromatic rings. The molecule has 1 aliphatic rings. The van der Waals surface area contributed by atoms with E-state index in [4.69, 9.17) is 9.84 Å². The summed E-state index contributed by atoms with van der Waals surface area (Å²) in [5, 5.41) is 8.84. The zero-order valence-electron chi connectivity index (χ0n) is 11.8. The molecule has 4 nitrogen and oxygen atoms in total. The summed E-state index contributed by atoms with van der Waals surface area (Å²) in [5.74, 6) is -0.363. The Kier molecular flexibility index (Phi) is 4.60. The SMILES string of the molecule is COc1cccc(F)c1C(C)N1CCC(CC(=O)O)C1. The third-order valence-electron chi connectivity index (χ3n) is 3.98. The Morgan fingerprint density at radius 3 is 3.00 bits per heavy atom. The number of nitrogens with zero attached hydrogens (tertiary/aromatic N) is 1. The number of likely N-dealkylation sites (tertiary alicyclic amines) is 1. The number of halogens is 1. The quantitative estimate of drug-likeness (QED) is 0.901. The first kappa shape index (κ1) is 14.8. The van der Waals surface area contributed by atoms with Gasteiger partial charge in [0.05, 0.1) is 7.11 Å². The summed E-state index contributed by atoms with van der Waals surface area (Å²) in [4.78, 5) is 12.9. The zero-order chi connectivity index (χ0) is 14.7. The van der Waals surface area contributed by atoms with Crippen LogP contribution in [0.1, 0.15) is 31.4 Å². The van der Waals surface area contributed by atoms with Crippen LogP contribution in [0.4, 0.5) is 4.39 Å². The van der Waals surface area contributed by atoms with Crippen molar-refractivity contribution in [2.24, 2.45) is 5.92 Å². The summed E-state index contributed by atoms with van der Waals surface area (Å²) < 4.78 is 19.3. The Bertz CT molecular complexity index is 492. The normalized spacial score (nSPS) is 20.9. The summed E-state index contributed by atoms with van der Waals surface area (Å²) in [6.45, 7) is 3.41. The molecule has 1 N–H and O–H groups in total. The van der Waals surface area contributed by atoms with Crippen molar-refractivity contribution in [3.05, 3.63) is 29.6 Å². The van der Waals surface area contributed by atoms with Crippen LogP contribution in [0.2, 0.25) is 0 Å². The molecule has 0 radical (unpaired) electrons. The van der Waals surface area contributed by atoms with Crippen LogP contribution in [-0.4, -0.2) is 36.2 Å². The molecule has 2 atom stereocenters. The number of carbonyl (C=O) groups is 1. The Morgan fingerprint density at radius 1 is 1.60 bits per heavy atom. The second-order valence-corrected chi connectivity index (χ2v) is 5.28. The lowest BCUT2D eigenvalue weighted by molar-refractivity contribution is -0.138. The second-order valence-electron chi connectivity index (χ2n) is 5.28. The fraction of sp³-hybridized carbons (Fsp3) is 0.533. The lowest BCUT2D eigenvalue weighted by atomic mass is 10.0. The van der Waals surface area contributed by atoms with Crippen LogP contribution in [0.25, 0.3) is 0 Å². The van der Waals surface area contributed by atoms with E-state index in [1.807, 2.05) is 6.92 Å². The molecule has 5 heteroatoms. The number of rotatable bonds is 5. The van der Waals surface area contributed by atoms with Crippen LogP contribution in [-0.2, 0) is 4.79 Å². The summed E-state index contributed by atoms with van der Waals surface area (Å²) in [7, 11) is 1.53. The zero-order valence-corrected chi connectivity index (χ0v) is 11.8. The van der Waals surface area contributed by atoms with Gasteiger partial charge in [0, 0.05) is 24.6 Å². The van der Waals surface area contributed by atoms with Crippen molar-refractivity contribution in [2.75, 3.05) is 20.2 Å². The van der Waals surface area contributed by atoms with Gasteiger partial charge in [0.25, 0.3) is 0 Å². The van der Waals surface area contributed by atoms with E-state index in [2.05, 4.69) is 4.90 Å². The Morgan fingerprint density at radius 2 is 2.35 bits per heavy atom. The standard InChI is InChI=1S/C15H20FNO3/c1-10(15-12(16)4-3-5-13(15)20-2)17-7-6-11(9-17)8-14(18)19/h3-5,10-11H,6-9H2,1-2H3,(H,18,19). The minimum absolute atomic E-state index is 0.120. The van der Waals surface area contributed by atoms with E-state index in [0.29, 0.717) is 17.9 Å². The average molecular weight is 281 g/mol. The molecular formula is C15H20FNO3. The fourth-order valence-electron chi connectivity index (χ4n) is 2.91. The minimum atomic E-state index is -0.770. The maximum Gasteiger partial charge on any atom is 0.303 e.